The van der Waals surface area contributed by atoms with Crippen LogP contribution in [0.25, 0.3) is 0 Å². The number of nitrogens with one attached hydrogen (secondary N) is 2. The van der Waals surface area contributed by atoms with Gasteiger partial charge in [-0.25, -0.2) is 9.59 Å². The molecule has 1 aromatic rings. The number of fused-ring (bicyclic) bond motifs is 1. The highest BCUT2D eigenvalue weighted by Crippen LogP contribution is 2.32. The molecule has 0 radical (unpaired) electrons. The van der Waals surface area contributed by atoms with E-state index in [2.05, 4.69) is 10.6 Å². The lowest BCUT2D eigenvalue weighted by Gasteiger charge is -2.40. The number of rotatable bonds is 2. The summed E-state index contributed by atoms with van der Waals surface area (Å²) < 4.78 is 4.85. The summed E-state index contributed by atoms with van der Waals surface area (Å²) in [6, 6.07) is 7.70. The Balaban J connectivity index is 2.17. The maximum atomic E-state index is 12.4. The lowest BCUT2D eigenvalue weighted by Crippen LogP contribution is -2.59. The van der Waals surface area contributed by atoms with Crippen LogP contribution in [-0.4, -0.2) is 42.5 Å². The summed E-state index contributed by atoms with van der Waals surface area (Å²) in [5, 5.41) is 5.54. The lowest BCUT2D eigenvalue weighted by molar-refractivity contribution is -0.137. The van der Waals surface area contributed by atoms with Crippen molar-refractivity contribution in [2.45, 2.75) is 19.0 Å². The van der Waals surface area contributed by atoms with E-state index in [0.29, 0.717) is 12.1 Å². The van der Waals surface area contributed by atoms with Gasteiger partial charge in [0.15, 0.2) is 0 Å². The highest BCUT2D eigenvalue weighted by Gasteiger charge is 2.43. The normalized spacial score (nSPS) is 23.8. The molecule has 3 amide bonds. The standard InChI is InChI=1S/C16H17N3O4/c1-9-8-19-13(14(20)17-9)11(15(21)23-2)12(18-16(19)22)10-6-4-3-5-7-10/h3-7,9,12H,8H2,1-2H3,(H,17,20)(H,18,22). The first-order chi connectivity index (χ1) is 11.0. The molecule has 1 fully saturated rings. The van der Waals surface area contributed by atoms with Gasteiger partial charge in [-0.1, -0.05) is 30.3 Å². The minimum atomic E-state index is -0.721. The van der Waals surface area contributed by atoms with E-state index < -0.39 is 23.9 Å². The molecule has 23 heavy (non-hydrogen) atoms. The Kier molecular flexibility index (Phi) is 3.77. The van der Waals surface area contributed by atoms with Crippen LogP contribution in [0.1, 0.15) is 18.5 Å². The molecule has 0 bridgehead atoms. The fourth-order valence-electron chi connectivity index (χ4n) is 2.91. The summed E-state index contributed by atoms with van der Waals surface area (Å²) in [6.45, 7) is 2.10. The maximum absolute atomic E-state index is 12.4. The highest BCUT2D eigenvalue weighted by atomic mass is 16.5. The predicted molar refractivity (Wildman–Crippen MR) is 81.1 cm³/mol. The first-order valence-electron chi connectivity index (χ1n) is 7.29. The monoisotopic (exact) mass is 315 g/mol. The molecular weight excluding hydrogens is 298 g/mol. The van der Waals surface area contributed by atoms with E-state index in [1.54, 1.807) is 31.2 Å². The molecule has 0 spiro atoms. The molecule has 0 aliphatic carbocycles. The van der Waals surface area contributed by atoms with Crippen LogP contribution >= 0.6 is 0 Å². The number of ether oxygens (including phenoxy) is 1. The van der Waals surface area contributed by atoms with Gasteiger partial charge in [-0.3, -0.25) is 9.69 Å². The minimum Gasteiger partial charge on any atom is -0.466 e. The summed E-state index contributed by atoms with van der Waals surface area (Å²) in [6.07, 6.45) is 0. The Hall–Kier alpha value is -2.83. The molecule has 2 unspecified atom stereocenters. The molecule has 2 heterocycles. The molecule has 1 saturated heterocycles. The first-order valence-corrected chi connectivity index (χ1v) is 7.29. The highest BCUT2D eigenvalue weighted by molar-refractivity contribution is 6.08. The van der Waals surface area contributed by atoms with Crippen molar-refractivity contribution in [2.24, 2.45) is 0 Å². The number of esters is 1. The quantitative estimate of drug-likeness (QED) is 0.786. The van der Waals surface area contributed by atoms with Gasteiger partial charge in [-0.05, 0) is 12.5 Å². The number of piperazine rings is 1. The van der Waals surface area contributed by atoms with Gasteiger partial charge in [-0.2, -0.15) is 0 Å². The van der Waals surface area contributed by atoms with E-state index in [1.165, 1.54) is 12.0 Å². The number of benzene rings is 1. The lowest BCUT2D eigenvalue weighted by atomic mass is 9.93. The van der Waals surface area contributed by atoms with Crippen molar-refractivity contribution in [3.63, 3.8) is 0 Å². The van der Waals surface area contributed by atoms with Gasteiger partial charge in [0.1, 0.15) is 5.70 Å². The summed E-state index contributed by atoms with van der Waals surface area (Å²) in [5.41, 5.74) is 0.912. The number of nitrogens with zero attached hydrogens (tertiary/aromatic N) is 1. The number of amides is 3. The van der Waals surface area contributed by atoms with Crippen LogP contribution in [0, 0.1) is 0 Å². The van der Waals surface area contributed by atoms with Crippen molar-refractivity contribution in [3.8, 4) is 0 Å². The van der Waals surface area contributed by atoms with Gasteiger partial charge in [-0.15, -0.1) is 0 Å². The van der Waals surface area contributed by atoms with Gasteiger partial charge >= 0.3 is 12.0 Å². The second-order valence-electron chi connectivity index (χ2n) is 5.53. The summed E-state index contributed by atoms with van der Waals surface area (Å²) in [5.74, 6) is -1.08. The van der Waals surface area contributed by atoms with Crippen molar-refractivity contribution >= 4 is 17.9 Å². The summed E-state index contributed by atoms with van der Waals surface area (Å²) in [4.78, 5) is 38.4. The first kappa shape index (κ1) is 15.1. The second-order valence-corrected chi connectivity index (χ2v) is 5.53. The van der Waals surface area contributed by atoms with E-state index in [1.807, 2.05) is 6.07 Å². The van der Waals surface area contributed by atoms with Gasteiger partial charge < -0.3 is 15.4 Å². The smallest absolute Gasteiger partial charge is 0.338 e. The van der Waals surface area contributed by atoms with E-state index in [9.17, 15) is 14.4 Å². The zero-order chi connectivity index (χ0) is 16.6. The number of hydrogen-bond acceptors (Lipinski definition) is 4. The van der Waals surface area contributed by atoms with Crippen LogP contribution in [0.4, 0.5) is 4.79 Å². The van der Waals surface area contributed by atoms with E-state index in [-0.39, 0.29) is 17.3 Å². The molecule has 0 aromatic heterocycles. The van der Waals surface area contributed by atoms with E-state index >= 15 is 0 Å². The van der Waals surface area contributed by atoms with Gasteiger partial charge in [0.05, 0.1) is 18.7 Å². The molecule has 7 heteroatoms. The molecule has 2 aliphatic rings. The van der Waals surface area contributed by atoms with Crippen LogP contribution in [0.15, 0.2) is 41.6 Å². The Morgan fingerprint density at radius 1 is 1.22 bits per heavy atom. The molecule has 3 rings (SSSR count). The van der Waals surface area contributed by atoms with E-state index in [0.717, 1.165) is 0 Å². The third-order valence-corrected chi connectivity index (χ3v) is 3.91. The number of carbonyl (C=O) groups excluding carboxylic acids is 3. The average molecular weight is 315 g/mol. The van der Waals surface area contributed by atoms with Crippen LogP contribution < -0.4 is 10.6 Å². The number of carbonyl (C=O) groups is 3. The van der Waals surface area contributed by atoms with Gasteiger partial charge in [0, 0.05) is 12.6 Å². The topological polar surface area (TPSA) is 87.7 Å². The minimum absolute atomic E-state index is 0.0625. The van der Waals surface area contributed by atoms with Crippen LogP contribution in [0.2, 0.25) is 0 Å². The average Bonchev–Trinajstić information content (AvgIpc) is 2.55. The zero-order valence-corrected chi connectivity index (χ0v) is 12.8. The molecule has 7 nitrogen and oxygen atoms in total. The molecule has 120 valence electrons. The Labute approximate surface area is 133 Å². The number of urea groups is 1. The second kappa shape index (κ2) is 5.75. The van der Waals surface area contributed by atoms with Crippen LogP contribution in [0.5, 0.6) is 0 Å². The van der Waals surface area contributed by atoms with Gasteiger partial charge in [0.2, 0.25) is 0 Å². The zero-order valence-electron chi connectivity index (χ0n) is 12.8. The SMILES string of the molecule is COC(=O)C1=C2C(=O)NC(C)CN2C(=O)NC1c1ccccc1. The molecule has 2 aliphatic heterocycles. The van der Waals surface area contributed by atoms with Crippen molar-refractivity contribution in [3.05, 3.63) is 47.2 Å². The van der Waals surface area contributed by atoms with Crippen LogP contribution in [0.3, 0.4) is 0 Å². The summed E-state index contributed by atoms with van der Waals surface area (Å²) >= 11 is 0. The van der Waals surface area contributed by atoms with Gasteiger partial charge in [0.25, 0.3) is 5.91 Å². The number of hydrogen-bond donors (Lipinski definition) is 2. The molecular formula is C16H17N3O4. The molecule has 0 saturated carbocycles. The third kappa shape index (κ3) is 2.54. The maximum Gasteiger partial charge on any atom is 0.338 e. The molecule has 2 atom stereocenters. The number of methoxy groups -OCH3 is 1. The summed E-state index contributed by atoms with van der Waals surface area (Å²) in [7, 11) is 1.25. The van der Waals surface area contributed by atoms with Crippen molar-refractivity contribution in [1.29, 1.82) is 0 Å². The van der Waals surface area contributed by atoms with Crippen LogP contribution in [-0.2, 0) is 14.3 Å². The largest absolute Gasteiger partial charge is 0.466 e. The fourth-order valence-corrected chi connectivity index (χ4v) is 2.91. The molecule has 1 aromatic carbocycles. The Bertz CT molecular complexity index is 699. The van der Waals surface area contributed by atoms with E-state index in [4.69, 9.17) is 4.74 Å². The third-order valence-electron chi connectivity index (χ3n) is 3.91. The Morgan fingerprint density at radius 2 is 1.91 bits per heavy atom. The van der Waals surface area contributed by atoms with Crippen molar-refractivity contribution in [1.82, 2.24) is 15.5 Å². The van der Waals surface area contributed by atoms with Crippen molar-refractivity contribution < 1.29 is 19.1 Å². The predicted octanol–water partition coefficient (Wildman–Crippen LogP) is 0.698. The Morgan fingerprint density at radius 3 is 2.57 bits per heavy atom. The van der Waals surface area contributed by atoms with Crippen molar-refractivity contribution in [2.75, 3.05) is 13.7 Å². The molecule has 2 N–H and O–H groups in total. The fraction of sp³-hybridized carbons (Fsp3) is 0.312.